The molecule has 0 spiro atoms. The van der Waals surface area contributed by atoms with Gasteiger partial charge >= 0.3 is 24.4 Å². The monoisotopic (exact) mass is 658 g/mol. The number of carboxylic acids is 1. The molecule has 0 aliphatic rings. The summed E-state index contributed by atoms with van der Waals surface area (Å²) in [5.41, 5.74) is -1.47. The number of carboxylic acid groups (broad SMARTS) is 2. The number of hydrogen-bond acceptors (Lipinski definition) is 6. The Morgan fingerprint density at radius 2 is 1.60 bits per heavy atom. The van der Waals surface area contributed by atoms with Crippen LogP contribution in [0.2, 0.25) is 0 Å². The van der Waals surface area contributed by atoms with E-state index in [1.165, 1.54) is 36.8 Å². The standard InChI is InChI=1S/C24H25F5N4O5.C2HF3O2/c1-13-9-17(38-11-14-15(25)5-4-6-16(14)26)19-31-21(37-3)18(33(19)10-13)20(34)30-12-23(2,32-22(35)36)7-8-24(27,28)29;3-2(4,5)1(6)7/h4-6,9-10,32H,7-8,11-12H2,1-3H3,(H,30,34)(H,35,36);(H,6,7). The molecule has 0 fully saturated rings. The number of fused-ring (bicyclic) bond motifs is 1. The maximum Gasteiger partial charge on any atom is 0.490 e. The van der Waals surface area contributed by atoms with E-state index in [9.17, 15) is 44.7 Å². The number of alkyl halides is 6. The van der Waals surface area contributed by atoms with Crippen molar-refractivity contribution in [2.75, 3.05) is 13.7 Å². The van der Waals surface area contributed by atoms with Crippen LogP contribution in [0.25, 0.3) is 5.65 Å². The highest BCUT2D eigenvalue weighted by atomic mass is 19.4. The lowest BCUT2D eigenvalue weighted by molar-refractivity contribution is -0.192. The number of halogens is 8. The highest BCUT2D eigenvalue weighted by molar-refractivity contribution is 5.96. The van der Waals surface area contributed by atoms with Gasteiger partial charge in [0, 0.05) is 19.2 Å². The number of aryl methyl sites for hydroxylation is 1. The topological polar surface area (TPSA) is 151 Å². The smallest absolute Gasteiger partial charge is 0.485 e. The Morgan fingerprint density at radius 3 is 2.09 bits per heavy atom. The molecule has 1 atom stereocenters. The number of methoxy groups -OCH3 is 1. The average Bonchev–Trinajstić information content (AvgIpc) is 3.28. The van der Waals surface area contributed by atoms with Crippen molar-refractivity contribution >= 4 is 23.6 Å². The lowest BCUT2D eigenvalue weighted by Crippen LogP contribution is -2.53. The Labute approximate surface area is 248 Å². The van der Waals surface area contributed by atoms with Gasteiger partial charge in [-0.1, -0.05) is 6.07 Å². The third kappa shape index (κ3) is 10.4. The maximum atomic E-state index is 14.0. The lowest BCUT2D eigenvalue weighted by atomic mass is 9.95. The first kappa shape index (κ1) is 36.4. The number of carbonyl (C=O) groups excluding carboxylic acids is 1. The average molecular weight is 658 g/mol. The Kier molecular flexibility index (Phi) is 11.5. The summed E-state index contributed by atoms with van der Waals surface area (Å²) < 4.78 is 110. The second-order valence-corrected chi connectivity index (χ2v) is 9.63. The summed E-state index contributed by atoms with van der Waals surface area (Å²) in [6.45, 7) is 1.94. The number of pyridine rings is 1. The number of carbonyl (C=O) groups is 3. The largest absolute Gasteiger partial charge is 0.490 e. The minimum Gasteiger partial charge on any atom is -0.485 e. The molecule has 45 heavy (non-hydrogen) atoms. The van der Waals surface area contributed by atoms with Crippen LogP contribution < -0.4 is 20.1 Å². The fourth-order valence-electron chi connectivity index (χ4n) is 3.73. The molecule has 4 N–H and O–H groups in total. The number of amides is 2. The molecule has 1 unspecified atom stereocenters. The summed E-state index contributed by atoms with van der Waals surface area (Å²) in [4.78, 5) is 37.4. The number of nitrogens with zero attached hydrogens (tertiary/aromatic N) is 2. The van der Waals surface area contributed by atoms with E-state index >= 15 is 0 Å². The summed E-state index contributed by atoms with van der Waals surface area (Å²) in [5.74, 6) is -5.29. The molecule has 0 radical (unpaired) electrons. The van der Waals surface area contributed by atoms with E-state index in [1.54, 1.807) is 6.92 Å². The molecule has 2 aromatic heterocycles. The Hall–Kier alpha value is -4.84. The third-order valence-electron chi connectivity index (χ3n) is 5.88. The number of imidazole rings is 1. The highest BCUT2D eigenvalue weighted by Crippen LogP contribution is 2.30. The number of nitrogens with one attached hydrogen (secondary N) is 2. The van der Waals surface area contributed by atoms with Crippen molar-refractivity contribution in [2.45, 2.75) is 51.2 Å². The molecule has 1 aromatic carbocycles. The highest BCUT2D eigenvalue weighted by Gasteiger charge is 2.38. The third-order valence-corrected chi connectivity index (χ3v) is 5.88. The second kappa shape index (κ2) is 14.3. The van der Waals surface area contributed by atoms with Crippen LogP contribution in [0.3, 0.4) is 0 Å². The van der Waals surface area contributed by atoms with Gasteiger partial charge in [-0.25, -0.2) is 18.4 Å². The Morgan fingerprint density at radius 1 is 1.02 bits per heavy atom. The first-order valence-corrected chi connectivity index (χ1v) is 12.5. The van der Waals surface area contributed by atoms with E-state index in [1.807, 2.05) is 5.32 Å². The molecular formula is C26H26F8N4O7. The molecule has 0 saturated heterocycles. The molecule has 0 saturated carbocycles. The number of rotatable bonds is 10. The number of ether oxygens (including phenoxy) is 2. The van der Waals surface area contributed by atoms with Crippen LogP contribution >= 0.6 is 0 Å². The van der Waals surface area contributed by atoms with E-state index in [4.69, 9.17) is 24.5 Å². The predicted molar refractivity (Wildman–Crippen MR) is 138 cm³/mol. The van der Waals surface area contributed by atoms with Crippen LogP contribution in [0.5, 0.6) is 11.6 Å². The van der Waals surface area contributed by atoms with Crippen LogP contribution in [0.15, 0.2) is 30.5 Å². The second-order valence-electron chi connectivity index (χ2n) is 9.63. The van der Waals surface area contributed by atoms with Gasteiger partial charge in [-0.05, 0) is 44.0 Å². The molecule has 19 heteroatoms. The molecule has 248 valence electrons. The van der Waals surface area contributed by atoms with Gasteiger partial charge in [0.05, 0.1) is 18.2 Å². The van der Waals surface area contributed by atoms with Crippen LogP contribution in [-0.4, -0.2) is 69.1 Å². The fourth-order valence-corrected chi connectivity index (χ4v) is 3.73. The molecule has 3 rings (SSSR count). The Bertz CT molecular complexity index is 1520. The number of aromatic nitrogens is 2. The summed E-state index contributed by atoms with van der Waals surface area (Å²) in [7, 11) is 1.24. The fraction of sp³-hybridized carbons (Fsp3) is 0.385. The van der Waals surface area contributed by atoms with Crippen molar-refractivity contribution < 1.29 is 69.2 Å². The minimum absolute atomic E-state index is 0.0674. The minimum atomic E-state index is -5.08. The predicted octanol–water partition coefficient (Wildman–Crippen LogP) is 5.24. The zero-order chi connectivity index (χ0) is 34.3. The van der Waals surface area contributed by atoms with Gasteiger partial charge in [0.25, 0.3) is 5.91 Å². The molecule has 0 bridgehead atoms. The van der Waals surface area contributed by atoms with Crippen LogP contribution in [0.1, 0.15) is 41.4 Å². The molecule has 2 amide bonds. The van der Waals surface area contributed by atoms with E-state index in [-0.39, 0.29) is 28.5 Å². The SMILES string of the molecule is COc1nc2c(OCc3c(F)cccc3F)cc(C)cn2c1C(=O)NCC(C)(CCC(F)(F)F)NC(=O)O.O=C(O)C(F)(F)F. The van der Waals surface area contributed by atoms with Crippen LogP contribution in [0.4, 0.5) is 39.9 Å². The van der Waals surface area contributed by atoms with Crippen molar-refractivity contribution in [3.63, 3.8) is 0 Å². The van der Waals surface area contributed by atoms with Crippen molar-refractivity contribution in [2.24, 2.45) is 0 Å². The first-order chi connectivity index (χ1) is 20.7. The zero-order valence-electron chi connectivity index (χ0n) is 23.6. The van der Waals surface area contributed by atoms with Gasteiger partial charge in [-0.2, -0.15) is 31.3 Å². The molecular weight excluding hydrogens is 632 g/mol. The molecule has 2 heterocycles. The molecule has 3 aromatic rings. The maximum absolute atomic E-state index is 14.0. The van der Waals surface area contributed by atoms with Gasteiger partial charge in [0.15, 0.2) is 17.1 Å². The van der Waals surface area contributed by atoms with Gasteiger partial charge in [0.2, 0.25) is 5.88 Å². The van der Waals surface area contributed by atoms with Gasteiger partial charge in [-0.3, -0.25) is 9.20 Å². The summed E-state index contributed by atoms with van der Waals surface area (Å²) >= 11 is 0. The summed E-state index contributed by atoms with van der Waals surface area (Å²) in [6, 6.07) is 4.91. The van der Waals surface area contributed by atoms with Gasteiger partial charge in [0.1, 0.15) is 18.2 Å². The van der Waals surface area contributed by atoms with Crippen LogP contribution in [0, 0.1) is 18.6 Å². The van der Waals surface area contributed by atoms with Gasteiger partial charge < -0.3 is 30.3 Å². The molecule has 0 aliphatic heterocycles. The number of hydrogen-bond donors (Lipinski definition) is 4. The van der Waals surface area contributed by atoms with Gasteiger partial charge in [-0.15, -0.1) is 0 Å². The lowest BCUT2D eigenvalue weighted by Gasteiger charge is -2.30. The summed E-state index contributed by atoms with van der Waals surface area (Å²) in [6.07, 6.45) is -11.6. The number of benzene rings is 1. The summed E-state index contributed by atoms with van der Waals surface area (Å²) in [5, 5.41) is 20.7. The van der Waals surface area contributed by atoms with E-state index in [0.717, 1.165) is 12.1 Å². The number of aliphatic carboxylic acids is 1. The van der Waals surface area contributed by atoms with Crippen molar-refractivity contribution in [1.29, 1.82) is 0 Å². The normalized spacial score (nSPS) is 12.9. The quantitative estimate of drug-likeness (QED) is 0.216. The van der Waals surface area contributed by atoms with Crippen molar-refractivity contribution in [1.82, 2.24) is 20.0 Å². The Balaban J connectivity index is 0.000000900. The van der Waals surface area contributed by atoms with Crippen molar-refractivity contribution in [3.8, 4) is 11.6 Å². The van der Waals surface area contributed by atoms with E-state index in [2.05, 4.69) is 10.3 Å². The molecule has 11 nitrogen and oxygen atoms in total. The molecule has 0 aliphatic carbocycles. The first-order valence-electron chi connectivity index (χ1n) is 12.5. The van der Waals surface area contributed by atoms with Crippen LogP contribution in [-0.2, 0) is 11.4 Å². The van der Waals surface area contributed by atoms with E-state index < -0.39 is 73.5 Å². The van der Waals surface area contributed by atoms with E-state index in [0.29, 0.717) is 5.56 Å². The zero-order valence-corrected chi connectivity index (χ0v) is 23.6. The van der Waals surface area contributed by atoms with Crippen molar-refractivity contribution in [3.05, 3.63) is 58.9 Å².